The van der Waals surface area contributed by atoms with E-state index in [-0.39, 0.29) is 12.3 Å². The summed E-state index contributed by atoms with van der Waals surface area (Å²) in [5, 5.41) is 19.4. The fraction of sp³-hybridized carbons (Fsp3) is 0.0455. The smallest absolute Gasteiger partial charge is 0.411 e. The molecule has 0 aliphatic heterocycles. The van der Waals surface area contributed by atoms with Crippen molar-refractivity contribution in [3.63, 3.8) is 0 Å². The number of rotatable bonds is 5. The number of amides is 1. The number of carboxylic acid groups (broad SMARTS) is 1. The van der Waals surface area contributed by atoms with E-state index in [4.69, 9.17) is 16.3 Å². The standard InChI is InChI=1S/C22H16ClN3O4/c23-16-8-15(14-6-7-19-18(10-14)20(21(27)28)26-25-19)9-17(11-16)24-22(29)30-12-13-4-2-1-3-5-13/h1-11H,12H2,(H,24,29)(H,25,26)(H,27,28). The summed E-state index contributed by atoms with van der Waals surface area (Å²) in [4.78, 5) is 23.5. The molecule has 0 aliphatic rings. The van der Waals surface area contributed by atoms with E-state index in [1.165, 1.54) is 0 Å². The van der Waals surface area contributed by atoms with Crippen molar-refractivity contribution in [1.29, 1.82) is 0 Å². The Morgan fingerprint density at radius 2 is 1.83 bits per heavy atom. The zero-order valence-electron chi connectivity index (χ0n) is 15.6. The van der Waals surface area contributed by atoms with Gasteiger partial charge < -0.3 is 9.84 Å². The SMILES string of the molecule is O=C(Nc1cc(Cl)cc(-c2ccc3[nH]nc(C(=O)O)c3c2)c1)OCc1ccccc1. The molecule has 0 saturated heterocycles. The van der Waals surface area contributed by atoms with Gasteiger partial charge in [-0.1, -0.05) is 48.0 Å². The Bertz CT molecular complexity index is 1240. The normalized spacial score (nSPS) is 10.7. The number of hydrogen-bond donors (Lipinski definition) is 3. The molecular weight excluding hydrogens is 406 g/mol. The summed E-state index contributed by atoms with van der Waals surface area (Å²) in [6.45, 7) is 0.148. The summed E-state index contributed by atoms with van der Waals surface area (Å²) in [6.07, 6.45) is -0.606. The van der Waals surface area contributed by atoms with Gasteiger partial charge in [0.05, 0.1) is 5.52 Å². The number of nitrogens with one attached hydrogen (secondary N) is 2. The maximum Gasteiger partial charge on any atom is 0.411 e. The second kappa shape index (κ2) is 8.26. The highest BCUT2D eigenvalue weighted by Crippen LogP contribution is 2.30. The van der Waals surface area contributed by atoms with Crippen molar-refractivity contribution < 1.29 is 19.4 Å². The second-order valence-electron chi connectivity index (χ2n) is 6.55. The number of benzene rings is 3. The van der Waals surface area contributed by atoms with E-state index in [2.05, 4.69) is 15.5 Å². The second-order valence-corrected chi connectivity index (χ2v) is 6.99. The number of carbonyl (C=O) groups excluding carboxylic acids is 1. The van der Waals surface area contributed by atoms with Gasteiger partial charge in [-0.25, -0.2) is 9.59 Å². The number of hydrogen-bond acceptors (Lipinski definition) is 4. The van der Waals surface area contributed by atoms with E-state index in [0.29, 0.717) is 27.2 Å². The number of fused-ring (bicyclic) bond motifs is 1. The topological polar surface area (TPSA) is 104 Å². The first-order valence-electron chi connectivity index (χ1n) is 9.00. The molecule has 3 aromatic carbocycles. The average molecular weight is 422 g/mol. The summed E-state index contributed by atoms with van der Waals surface area (Å²) >= 11 is 6.23. The van der Waals surface area contributed by atoms with Crippen molar-refractivity contribution in [3.05, 3.63) is 83.0 Å². The van der Waals surface area contributed by atoms with Gasteiger partial charge in [0.1, 0.15) is 6.61 Å². The Balaban J connectivity index is 1.56. The van der Waals surface area contributed by atoms with E-state index >= 15 is 0 Å². The van der Waals surface area contributed by atoms with E-state index in [1.54, 1.807) is 30.3 Å². The number of carbonyl (C=O) groups is 2. The van der Waals surface area contributed by atoms with Crippen LogP contribution in [0.3, 0.4) is 0 Å². The highest BCUT2D eigenvalue weighted by atomic mass is 35.5. The predicted octanol–water partition coefficient (Wildman–Crippen LogP) is 5.33. The Kier molecular flexibility index (Phi) is 5.36. The van der Waals surface area contributed by atoms with Crippen LogP contribution in [0.4, 0.5) is 10.5 Å². The van der Waals surface area contributed by atoms with Crippen LogP contribution in [0.5, 0.6) is 0 Å². The van der Waals surface area contributed by atoms with Gasteiger partial charge in [0.15, 0.2) is 5.69 Å². The molecule has 1 heterocycles. The van der Waals surface area contributed by atoms with Gasteiger partial charge in [0, 0.05) is 16.1 Å². The number of aromatic carboxylic acids is 1. The molecule has 30 heavy (non-hydrogen) atoms. The van der Waals surface area contributed by atoms with Crippen molar-refractivity contribution in [2.24, 2.45) is 0 Å². The minimum atomic E-state index is -1.12. The number of aromatic amines is 1. The number of anilines is 1. The number of carboxylic acids is 1. The molecule has 0 fully saturated rings. The first-order valence-corrected chi connectivity index (χ1v) is 9.37. The van der Waals surface area contributed by atoms with Gasteiger partial charge in [-0.3, -0.25) is 10.4 Å². The van der Waals surface area contributed by atoms with Gasteiger partial charge in [0.2, 0.25) is 0 Å². The van der Waals surface area contributed by atoms with Crippen LogP contribution in [0.15, 0.2) is 66.7 Å². The quantitative estimate of drug-likeness (QED) is 0.404. The summed E-state index contributed by atoms with van der Waals surface area (Å²) in [5.74, 6) is -1.12. The van der Waals surface area contributed by atoms with Gasteiger partial charge in [-0.05, 0) is 47.0 Å². The van der Waals surface area contributed by atoms with Gasteiger partial charge in [-0.2, -0.15) is 5.10 Å². The van der Waals surface area contributed by atoms with E-state index in [0.717, 1.165) is 11.1 Å². The zero-order chi connectivity index (χ0) is 21.1. The lowest BCUT2D eigenvalue weighted by molar-refractivity contribution is 0.0692. The summed E-state index contributed by atoms with van der Waals surface area (Å²) in [7, 11) is 0. The molecule has 4 rings (SSSR count). The number of H-pyrrole nitrogens is 1. The first-order chi connectivity index (χ1) is 14.5. The molecule has 8 heteroatoms. The van der Waals surface area contributed by atoms with Crippen LogP contribution in [-0.2, 0) is 11.3 Å². The molecule has 0 atom stereocenters. The van der Waals surface area contributed by atoms with Crippen LogP contribution >= 0.6 is 11.6 Å². The molecule has 1 amide bonds. The van der Waals surface area contributed by atoms with Crippen LogP contribution in [0, 0.1) is 0 Å². The average Bonchev–Trinajstić information content (AvgIpc) is 3.16. The van der Waals surface area contributed by atoms with E-state index in [1.807, 2.05) is 36.4 Å². The first kappa shape index (κ1) is 19.5. The lowest BCUT2D eigenvalue weighted by Crippen LogP contribution is -2.13. The number of nitrogens with zero attached hydrogens (tertiary/aromatic N) is 1. The molecule has 4 aromatic rings. The molecule has 0 radical (unpaired) electrons. The fourth-order valence-electron chi connectivity index (χ4n) is 3.06. The molecule has 0 aliphatic carbocycles. The Morgan fingerprint density at radius 3 is 2.60 bits per heavy atom. The largest absolute Gasteiger partial charge is 0.476 e. The Hall–Kier alpha value is -3.84. The van der Waals surface area contributed by atoms with Crippen LogP contribution in [0.2, 0.25) is 5.02 Å². The molecule has 150 valence electrons. The molecule has 7 nitrogen and oxygen atoms in total. The van der Waals surface area contributed by atoms with Gasteiger partial charge >= 0.3 is 12.1 Å². The summed E-state index contributed by atoms with van der Waals surface area (Å²) < 4.78 is 5.24. The van der Waals surface area contributed by atoms with E-state index in [9.17, 15) is 14.7 Å². The van der Waals surface area contributed by atoms with Crippen LogP contribution in [0.1, 0.15) is 16.1 Å². The molecule has 0 bridgehead atoms. The van der Waals surface area contributed by atoms with Crippen LogP contribution in [-0.4, -0.2) is 27.4 Å². The van der Waals surface area contributed by atoms with E-state index < -0.39 is 12.1 Å². The minimum absolute atomic E-state index is 0.0586. The van der Waals surface area contributed by atoms with Crippen molar-refractivity contribution in [1.82, 2.24) is 10.2 Å². The molecule has 3 N–H and O–H groups in total. The lowest BCUT2D eigenvalue weighted by Gasteiger charge is -2.10. The van der Waals surface area contributed by atoms with Crippen molar-refractivity contribution in [2.45, 2.75) is 6.61 Å². The fourth-order valence-corrected chi connectivity index (χ4v) is 3.30. The van der Waals surface area contributed by atoms with Crippen molar-refractivity contribution >= 4 is 40.3 Å². The third-order valence-electron chi connectivity index (χ3n) is 4.46. The lowest BCUT2D eigenvalue weighted by atomic mass is 10.0. The minimum Gasteiger partial charge on any atom is -0.476 e. The van der Waals surface area contributed by atoms with Crippen LogP contribution in [0.25, 0.3) is 22.0 Å². The number of aromatic nitrogens is 2. The van der Waals surface area contributed by atoms with Crippen molar-refractivity contribution in [2.75, 3.05) is 5.32 Å². The molecule has 0 unspecified atom stereocenters. The molecule has 0 spiro atoms. The number of ether oxygens (including phenoxy) is 1. The Morgan fingerprint density at radius 1 is 1.03 bits per heavy atom. The maximum absolute atomic E-state index is 12.2. The molecular formula is C22H16ClN3O4. The number of halogens is 1. The highest BCUT2D eigenvalue weighted by Gasteiger charge is 2.14. The Labute approximate surface area is 176 Å². The predicted molar refractivity (Wildman–Crippen MR) is 114 cm³/mol. The van der Waals surface area contributed by atoms with Crippen molar-refractivity contribution in [3.8, 4) is 11.1 Å². The maximum atomic E-state index is 12.2. The molecule has 0 saturated carbocycles. The zero-order valence-corrected chi connectivity index (χ0v) is 16.3. The highest BCUT2D eigenvalue weighted by molar-refractivity contribution is 6.31. The van der Waals surface area contributed by atoms with Crippen LogP contribution < -0.4 is 5.32 Å². The third kappa shape index (κ3) is 4.26. The summed E-state index contributed by atoms with van der Waals surface area (Å²) in [6, 6.07) is 19.7. The third-order valence-corrected chi connectivity index (χ3v) is 4.67. The van der Waals surface area contributed by atoms with Gasteiger partial charge in [-0.15, -0.1) is 0 Å². The van der Waals surface area contributed by atoms with Gasteiger partial charge in [0.25, 0.3) is 0 Å². The monoisotopic (exact) mass is 421 g/mol. The summed E-state index contributed by atoms with van der Waals surface area (Å²) in [5.41, 5.74) is 3.33. The molecule has 1 aromatic heterocycles.